The molecule has 2 aliphatic heterocycles. The van der Waals surface area contributed by atoms with Crippen molar-refractivity contribution in [3.8, 4) is 0 Å². The average Bonchev–Trinajstić information content (AvgIpc) is 3.17. The molecule has 3 fully saturated rings. The number of imidazole rings is 1. The van der Waals surface area contributed by atoms with Gasteiger partial charge in [0.25, 0.3) is 0 Å². The minimum atomic E-state index is 0.125. The predicted molar refractivity (Wildman–Crippen MR) is 128 cm³/mol. The number of morpholine rings is 1. The Hall–Kier alpha value is -2.08. The maximum absolute atomic E-state index is 13.2. The number of fused-ring (bicyclic) bond motifs is 1. The van der Waals surface area contributed by atoms with E-state index in [0.29, 0.717) is 5.91 Å². The van der Waals surface area contributed by atoms with Gasteiger partial charge in [0.2, 0.25) is 11.9 Å². The number of anilines is 1. The summed E-state index contributed by atoms with van der Waals surface area (Å²) in [7, 11) is 0. The molecule has 1 aromatic carbocycles. The number of para-hydroxylation sites is 2. The Morgan fingerprint density at radius 1 is 1.00 bits per heavy atom. The first kappa shape index (κ1) is 21.7. The van der Waals surface area contributed by atoms with E-state index in [1.807, 2.05) is 4.90 Å². The van der Waals surface area contributed by atoms with E-state index in [1.54, 1.807) is 0 Å². The zero-order valence-electron chi connectivity index (χ0n) is 19.7. The lowest BCUT2D eigenvalue weighted by Crippen LogP contribution is -2.51. The van der Waals surface area contributed by atoms with Gasteiger partial charge in [0.1, 0.15) is 0 Å². The van der Waals surface area contributed by atoms with Gasteiger partial charge in [0, 0.05) is 38.6 Å². The molecule has 0 N–H and O–H groups in total. The van der Waals surface area contributed by atoms with Gasteiger partial charge in [-0.05, 0) is 57.6 Å². The van der Waals surface area contributed by atoms with Gasteiger partial charge in [-0.15, -0.1) is 0 Å². The third-order valence-electron chi connectivity index (χ3n) is 7.66. The summed E-state index contributed by atoms with van der Waals surface area (Å²) in [5.41, 5.74) is 2.34. The summed E-state index contributed by atoms with van der Waals surface area (Å²) in [6.45, 7) is 8.45. The van der Waals surface area contributed by atoms with Crippen LogP contribution in [-0.2, 0) is 16.1 Å². The van der Waals surface area contributed by atoms with E-state index < -0.39 is 0 Å². The molecule has 0 radical (unpaired) electrons. The van der Waals surface area contributed by atoms with Crippen LogP contribution in [0.15, 0.2) is 24.3 Å². The molecule has 1 aromatic heterocycles. The van der Waals surface area contributed by atoms with Crippen molar-refractivity contribution in [2.45, 2.75) is 77.5 Å². The van der Waals surface area contributed by atoms with E-state index in [9.17, 15) is 4.79 Å². The fourth-order valence-corrected chi connectivity index (χ4v) is 6.05. The number of ether oxygens (including phenoxy) is 1. The van der Waals surface area contributed by atoms with Crippen molar-refractivity contribution in [2.24, 2.45) is 11.8 Å². The number of amides is 1. The highest BCUT2D eigenvalue weighted by Gasteiger charge is 2.33. The lowest BCUT2D eigenvalue weighted by Gasteiger charge is -2.39. The number of hydrogen-bond acceptors (Lipinski definition) is 4. The van der Waals surface area contributed by atoms with Crippen LogP contribution in [0.4, 0.5) is 5.95 Å². The topological polar surface area (TPSA) is 50.6 Å². The highest BCUT2D eigenvalue weighted by molar-refractivity contribution is 5.80. The van der Waals surface area contributed by atoms with E-state index in [2.05, 4.69) is 47.6 Å². The standard InChI is InChI=1S/C26H38N4O2/c1-19-16-29(17-20(2)32-19)25(31)22-12-14-28(15-13-22)26-27-23-10-6-7-11-24(23)30(26)18-21-8-4-3-5-9-21/h6-7,10-11,19-22H,3-5,8-9,12-18H2,1-2H3. The molecule has 5 rings (SSSR count). The number of nitrogens with zero attached hydrogens (tertiary/aromatic N) is 4. The van der Waals surface area contributed by atoms with Crippen LogP contribution in [0.2, 0.25) is 0 Å². The van der Waals surface area contributed by atoms with Crippen LogP contribution in [0.1, 0.15) is 58.8 Å². The SMILES string of the molecule is CC1CN(C(=O)C2CCN(c3nc4ccccc4n3CC3CCCCC3)CC2)CC(C)O1. The van der Waals surface area contributed by atoms with E-state index in [4.69, 9.17) is 9.72 Å². The van der Waals surface area contributed by atoms with Gasteiger partial charge in [0.15, 0.2) is 0 Å². The minimum absolute atomic E-state index is 0.125. The molecule has 0 bridgehead atoms. The maximum atomic E-state index is 13.2. The van der Waals surface area contributed by atoms with Crippen molar-refractivity contribution >= 4 is 22.9 Å². The molecule has 3 heterocycles. The van der Waals surface area contributed by atoms with E-state index in [-0.39, 0.29) is 18.1 Å². The Bertz CT molecular complexity index is 917. The van der Waals surface area contributed by atoms with Gasteiger partial charge >= 0.3 is 0 Å². The van der Waals surface area contributed by atoms with Crippen LogP contribution >= 0.6 is 0 Å². The molecule has 174 valence electrons. The number of rotatable bonds is 4. The zero-order chi connectivity index (χ0) is 22.1. The van der Waals surface area contributed by atoms with Crippen molar-refractivity contribution in [1.29, 1.82) is 0 Å². The Kier molecular flexibility index (Phi) is 6.40. The summed E-state index contributed by atoms with van der Waals surface area (Å²) >= 11 is 0. The molecule has 1 amide bonds. The summed E-state index contributed by atoms with van der Waals surface area (Å²) < 4.78 is 8.29. The van der Waals surface area contributed by atoms with Crippen molar-refractivity contribution in [1.82, 2.24) is 14.5 Å². The molecule has 2 aromatic rings. The quantitative estimate of drug-likeness (QED) is 0.707. The summed E-state index contributed by atoms with van der Waals surface area (Å²) in [6, 6.07) is 8.55. The van der Waals surface area contributed by atoms with Crippen molar-refractivity contribution in [2.75, 3.05) is 31.1 Å². The third kappa shape index (κ3) is 4.52. The largest absolute Gasteiger partial charge is 0.372 e. The highest BCUT2D eigenvalue weighted by atomic mass is 16.5. The van der Waals surface area contributed by atoms with Crippen LogP contribution in [0.3, 0.4) is 0 Å². The number of hydrogen-bond donors (Lipinski definition) is 0. The van der Waals surface area contributed by atoms with Gasteiger partial charge in [0.05, 0.1) is 23.2 Å². The smallest absolute Gasteiger partial charge is 0.225 e. The van der Waals surface area contributed by atoms with Gasteiger partial charge in [-0.2, -0.15) is 0 Å². The van der Waals surface area contributed by atoms with Crippen LogP contribution in [-0.4, -0.2) is 58.7 Å². The Labute approximate surface area is 191 Å². The lowest BCUT2D eigenvalue weighted by molar-refractivity contribution is -0.148. The second-order valence-electron chi connectivity index (χ2n) is 10.3. The van der Waals surface area contributed by atoms with Crippen molar-refractivity contribution < 1.29 is 9.53 Å². The van der Waals surface area contributed by atoms with Crippen LogP contribution in [0, 0.1) is 11.8 Å². The number of carbonyl (C=O) groups excluding carboxylic acids is 1. The number of carbonyl (C=O) groups is 1. The third-order valence-corrected chi connectivity index (χ3v) is 7.66. The van der Waals surface area contributed by atoms with Crippen molar-refractivity contribution in [3.05, 3.63) is 24.3 Å². The number of benzene rings is 1. The maximum Gasteiger partial charge on any atom is 0.225 e. The molecule has 2 unspecified atom stereocenters. The molecule has 3 aliphatic rings. The fourth-order valence-electron chi connectivity index (χ4n) is 6.05. The molecule has 1 aliphatic carbocycles. The van der Waals surface area contributed by atoms with Crippen molar-refractivity contribution in [3.63, 3.8) is 0 Å². The van der Waals surface area contributed by atoms with Crippen LogP contribution in [0.25, 0.3) is 11.0 Å². The first-order valence-electron chi connectivity index (χ1n) is 12.7. The normalized spacial score (nSPS) is 26.1. The molecule has 1 saturated carbocycles. The monoisotopic (exact) mass is 438 g/mol. The van der Waals surface area contributed by atoms with E-state index in [0.717, 1.165) is 62.9 Å². The first-order valence-corrected chi connectivity index (χ1v) is 12.7. The van der Waals surface area contributed by atoms with Gasteiger partial charge in [-0.1, -0.05) is 31.4 Å². The molecule has 32 heavy (non-hydrogen) atoms. The summed E-state index contributed by atoms with van der Waals surface area (Å²) in [6.07, 6.45) is 8.84. The second kappa shape index (κ2) is 9.42. The number of aromatic nitrogens is 2. The molecule has 6 nitrogen and oxygen atoms in total. The average molecular weight is 439 g/mol. The van der Waals surface area contributed by atoms with E-state index >= 15 is 0 Å². The van der Waals surface area contributed by atoms with Gasteiger partial charge in [-0.25, -0.2) is 4.98 Å². The summed E-state index contributed by atoms with van der Waals surface area (Å²) in [4.78, 5) is 22.7. The molecular formula is C26H38N4O2. The van der Waals surface area contributed by atoms with Crippen LogP contribution < -0.4 is 4.90 Å². The zero-order valence-corrected chi connectivity index (χ0v) is 19.7. The number of piperidine rings is 1. The first-order chi connectivity index (χ1) is 15.6. The van der Waals surface area contributed by atoms with Crippen LogP contribution in [0.5, 0.6) is 0 Å². The molecule has 6 heteroatoms. The minimum Gasteiger partial charge on any atom is -0.372 e. The second-order valence-corrected chi connectivity index (χ2v) is 10.3. The molecule has 2 atom stereocenters. The molecule has 0 spiro atoms. The molecule has 2 saturated heterocycles. The Morgan fingerprint density at radius 3 is 2.41 bits per heavy atom. The van der Waals surface area contributed by atoms with E-state index in [1.165, 1.54) is 37.6 Å². The Morgan fingerprint density at radius 2 is 1.69 bits per heavy atom. The highest BCUT2D eigenvalue weighted by Crippen LogP contribution is 2.32. The fraction of sp³-hybridized carbons (Fsp3) is 0.692. The van der Waals surface area contributed by atoms with Gasteiger partial charge in [-0.3, -0.25) is 4.79 Å². The van der Waals surface area contributed by atoms with Gasteiger partial charge < -0.3 is 19.1 Å². The Balaban J connectivity index is 1.29. The molecular weight excluding hydrogens is 400 g/mol. The summed E-state index contributed by atoms with van der Waals surface area (Å²) in [5, 5.41) is 0. The lowest BCUT2D eigenvalue weighted by atomic mass is 9.89. The summed E-state index contributed by atoms with van der Waals surface area (Å²) in [5.74, 6) is 2.31. The predicted octanol–water partition coefficient (Wildman–Crippen LogP) is 4.47.